The van der Waals surface area contributed by atoms with E-state index < -0.39 is 0 Å². The van der Waals surface area contributed by atoms with Crippen LogP contribution in [0.5, 0.6) is 0 Å². The lowest BCUT2D eigenvalue weighted by molar-refractivity contribution is 0.263. The van der Waals surface area contributed by atoms with E-state index in [9.17, 15) is 0 Å². The molecule has 0 amide bonds. The molecule has 208 valence electrons. The first-order chi connectivity index (χ1) is 16.1. The molecule has 0 fully saturated rings. The maximum Gasteiger partial charge on any atom is 0.0475 e. The van der Waals surface area contributed by atoms with Gasteiger partial charge in [-0.3, -0.25) is 0 Å². The monoisotopic (exact) mass is 502 g/mol. The predicted molar refractivity (Wildman–Crippen MR) is 160 cm³/mol. The molecule has 1 atom stereocenters. The van der Waals surface area contributed by atoms with Crippen molar-refractivity contribution in [2.45, 2.75) is 200 Å². The Morgan fingerprint density at radius 3 is 1.03 bits per heavy atom. The SMILES string of the molecule is CCCCCCCCCCCCC(CCCCCC)C(Cl)(CCCCCC)CCCCCC.N. The zero-order valence-corrected chi connectivity index (χ0v) is 25.3. The number of hydrogen-bond donors (Lipinski definition) is 1. The lowest BCUT2D eigenvalue weighted by atomic mass is 9.77. The Kier molecular flexibility index (Phi) is 29.8. The molecule has 0 aliphatic rings. The fraction of sp³-hybridized carbons (Fsp3) is 1.00. The molecule has 0 spiro atoms. The van der Waals surface area contributed by atoms with Gasteiger partial charge in [-0.05, 0) is 31.6 Å². The second-order valence-electron chi connectivity index (χ2n) is 11.2. The molecule has 1 unspecified atom stereocenters. The minimum absolute atomic E-state index is 0. The summed E-state index contributed by atoms with van der Waals surface area (Å²) in [6.07, 6.45) is 36.0. The summed E-state index contributed by atoms with van der Waals surface area (Å²) >= 11 is 7.60. The Bertz CT molecular complexity index is 358. The van der Waals surface area contributed by atoms with Crippen LogP contribution >= 0.6 is 11.6 Å². The van der Waals surface area contributed by atoms with Crippen molar-refractivity contribution >= 4 is 11.6 Å². The van der Waals surface area contributed by atoms with E-state index in [4.69, 9.17) is 11.6 Å². The molecule has 3 N–H and O–H groups in total. The molecule has 0 aromatic rings. The van der Waals surface area contributed by atoms with Gasteiger partial charge in [0.25, 0.3) is 0 Å². The van der Waals surface area contributed by atoms with Crippen molar-refractivity contribution in [2.24, 2.45) is 5.92 Å². The summed E-state index contributed by atoms with van der Waals surface area (Å²) in [6, 6.07) is 0. The van der Waals surface area contributed by atoms with E-state index in [1.54, 1.807) is 0 Å². The van der Waals surface area contributed by atoms with Gasteiger partial charge >= 0.3 is 0 Å². The number of halogens is 1. The Balaban J connectivity index is 0. The van der Waals surface area contributed by atoms with E-state index in [1.165, 1.54) is 167 Å². The van der Waals surface area contributed by atoms with Crippen molar-refractivity contribution in [3.05, 3.63) is 0 Å². The molecule has 2 heteroatoms. The first kappa shape index (κ1) is 36.4. The van der Waals surface area contributed by atoms with E-state index in [-0.39, 0.29) is 11.0 Å². The first-order valence-electron chi connectivity index (χ1n) is 15.8. The summed E-state index contributed by atoms with van der Waals surface area (Å²) in [5, 5.41) is 0. The summed E-state index contributed by atoms with van der Waals surface area (Å²) in [5.74, 6) is 0.744. The molecule has 0 saturated carbocycles. The van der Waals surface area contributed by atoms with Gasteiger partial charge in [0, 0.05) is 4.87 Å². The second-order valence-corrected chi connectivity index (χ2v) is 11.9. The van der Waals surface area contributed by atoms with Gasteiger partial charge in [0.2, 0.25) is 0 Å². The lowest BCUT2D eigenvalue weighted by Gasteiger charge is -2.37. The van der Waals surface area contributed by atoms with Crippen LogP contribution in [0.25, 0.3) is 0 Å². The quantitative estimate of drug-likeness (QED) is 0.0880. The lowest BCUT2D eigenvalue weighted by Crippen LogP contribution is -2.32. The zero-order valence-electron chi connectivity index (χ0n) is 24.5. The van der Waals surface area contributed by atoms with Crippen LogP contribution in [0.4, 0.5) is 0 Å². The van der Waals surface area contributed by atoms with Crippen LogP contribution in [0.2, 0.25) is 0 Å². The van der Waals surface area contributed by atoms with Crippen LogP contribution in [0.3, 0.4) is 0 Å². The largest absolute Gasteiger partial charge is 0.344 e. The Morgan fingerprint density at radius 1 is 0.412 bits per heavy atom. The van der Waals surface area contributed by atoms with Crippen LogP contribution in [0.1, 0.15) is 195 Å². The summed E-state index contributed by atoms with van der Waals surface area (Å²) in [4.78, 5) is 0.0764. The Morgan fingerprint density at radius 2 is 0.676 bits per heavy atom. The third-order valence-corrected chi connectivity index (χ3v) is 8.62. The van der Waals surface area contributed by atoms with Gasteiger partial charge in [0.1, 0.15) is 0 Å². The number of unbranched alkanes of at least 4 members (excludes halogenated alkanes) is 18. The maximum absolute atomic E-state index is 7.60. The topological polar surface area (TPSA) is 35.0 Å². The molecule has 1 nitrogen and oxygen atoms in total. The molecular formula is C32H68ClN. The third-order valence-electron chi connectivity index (χ3n) is 7.94. The molecule has 0 aromatic heterocycles. The predicted octanol–water partition coefficient (Wildman–Crippen LogP) is 13.0. The minimum Gasteiger partial charge on any atom is -0.344 e. The summed E-state index contributed by atoms with van der Waals surface area (Å²) in [7, 11) is 0. The average molecular weight is 502 g/mol. The van der Waals surface area contributed by atoms with E-state index in [2.05, 4.69) is 27.7 Å². The molecule has 0 saturated heterocycles. The normalized spacial score (nSPS) is 12.6. The molecule has 0 bridgehead atoms. The Hall–Kier alpha value is 0.250. The average Bonchev–Trinajstić information content (AvgIpc) is 2.82. The van der Waals surface area contributed by atoms with Crippen molar-refractivity contribution < 1.29 is 0 Å². The van der Waals surface area contributed by atoms with Crippen LogP contribution in [0.15, 0.2) is 0 Å². The smallest absolute Gasteiger partial charge is 0.0475 e. The molecule has 0 radical (unpaired) electrons. The fourth-order valence-corrected chi connectivity index (χ4v) is 6.07. The highest BCUT2D eigenvalue weighted by Crippen LogP contribution is 2.42. The van der Waals surface area contributed by atoms with Crippen LogP contribution in [-0.4, -0.2) is 4.87 Å². The van der Waals surface area contributed by atoms with Crippen molar-refractivity contribution in [1.29, 1.82) is 0 Å². The summed E-state index contributed by atoms with van der Waals surface area (Å²) in [6.45, 7) is 9.28. The molecular weight excluding hydrogens is 434 g/mol. The Labute approximate surface area is 222 Å². The van der Waals surface area contributed by atoms with Crippen LogP contribution < -0.4 is 6.15 Å². The summed E-state index contributed by atoms with van der Waals surface area (Å²) in [5.41, 5.74) is 0. The highest BCUT2D eigenvalue weighted by atomic mass is 35.5. The molecule has 0 rings (SSSR count). The van der Waals surface area contributed by atoms with Gasteiger partial charge in [-0.15, -0.1) is 11.6 Å². The fourth-order valence-electron chi connectivity index (χ4n) is 5.58. The van der Waals surface area contributed by atoms with Gasteiger partial charge in [0.15, 0.2) is 0 Å². The van der Waals surface area contributed by atoms with Crippen molar-refractivity contribution in [3.8, 4) is 0 Å². The maximum atomic E-state index is 7.60. The van der Waals surface area contributed by atoms with E-state index in [0.717, 1.165) is 5.92 Å². The first-order valence-corrected chi connectivity index (χ1v) is 16.2. The number of alkyl halides is 1. The number of rotatable bonds is 27. The minimum atomic E-state index is 0. The second kappa shape index (κ2) is 27.8. The molecule has 0 aromatic carbocycles. The number of hydrogen-bond acceptors (Lipinski definition) is 1. The molecule has 34 heavy (non-hydrogen) atoms. The summed E-state index contributed by atoms with van der Waals surface area (Å²) < 4.78 is 0. The van der Waals surface area contributed by atoms with Crippen molar-refractivity contribution in [2.75, 3.05) is 0 Å². The van der Waals surface area contributed by atoms with Gasteiger partial charge < -0.3 is 6.15 Å². The van der Waals surface area contributed by atoms with E-state index in [1.807, 2.05) is 0 Å². The highest BCUT2D eigenvalue weighted by Gasteiger charge is 2.35. The van der Waals surface area contributed by atoms with Crippen molar-refractivity contribution in [1.82, 2.24) is 6.15 Å². The molecule has 0 heterocycles. The third kappa shape index (κ3) is 21.5. The van der Waals surface area contributed by atoms with Gasteiger partial charge in [-0.1, -0.05) is 169 Å². The highest BCUT2D eigenvalue weighted by molar-refractivity contribution is 6.24. The van der Waals surface area contributed by atoms with Gasteiger partial charge in [-0.25, -0.2) is 0 Å². The van der Waals surface area contributed by atoms with Gasteiger partial charge in [-0.2, -0.15) is 0 Å². The van der Waals surface area contributed by atoms with Crippen LogP contribution in [-0.2, 0) is 0 Å². The molecule has 0 aliphatic carbocycles. The standard InChI is InChI=1S/C32H65Cl.H3N/c1-5-9-13-17-18-19-20-21-22-24-28-31(27-23-14-10-6-2)32(33,29-25-15-11-7-3)30-26-16-12-8-4;/h31H,5-30H2,1-4H3;1H3. The zero-order chi connectivity index (χ0) is 24.5. The van der Waals surface area contributed by atoms with Gasteiger partial charge in [0.05, 0.1) is 0 Å². The van der Waals surface area contributed by atoms with E-state index in [0.29, 0.717) is 0 Å². The van der Waals surface area contributed by atoms with Crippen LogP contribution in [0, 0.1) is 5.92 Å². The molecule has 0 aliphatic heterocycles. The van der Waals surface area contributed by atoms with Crippen molar-refractivity contribution in [3.63, 3.8) is 0 Å². The van der Waals surface area contributed by atoms with E-state index >= 15 is 0 Å².